The van der Waals surface area contributed by atoms with Crippen molar-refractivity contribution in [3.63, 3.8) is 0 Å². The molecule has 0 fully saturated rings. The molecule has 2 unspecified atom stereocenters. The normalized spacial score (nSPS) is 17.2. The summed E-state index contributed by atoms with van der Waals surface area (Å²) in [7, 11) is 18.0. The average molecular weight is 872 g/mol. The van der Waals surface area contributed by atoms with Crippen LogP contribution < -0.4 is 0 Å². The van der Waals surface area contributed by atoms with Gasteiger partial charge in [-0.3, -0.25) is 0 Å². The SMILES string of the molecule is CCCCCCC1=Cc2c(-c3cccc4ccccc34)cccc2[CH]1[Zr]([Cl])([Cl])([CH]1C(CCCCCC)=Cc2c(-c3cccc4ccccc34)cccc21)[SiH](C)C. The van der Waals surface area contributed by atoms with Gasteiger partial charge < -0.3 is 0 Å². The van der Waals surface area contributed by atoms with E-state index in [2.05, 4.69) is 160 Å². The van der Waals surface area contributed by atoms with Gasteiger partial charge in [-0.05, 0) is 0 Å². The second-order valence-corrected chi connectivity index (χ2v) is 59.5. The summed E-state index contributed by atoms with van der Waals surface area (Å²) in [5.74, 6) is -1.71. The van der Waals surface area contributed by atoms with Crippen LogP contribution in [0.4, 0.5) is 0 Å². The Hall–Kier alpha value is -3.00. The van der Waals surface area contributed by atoms with Crippen LogP contribution in [0.5, 0.6) is 0 Å². The standard InChI is InChI=1S/2C25H25.C2H7Si.2ClH.Zr/c2*1-2-3-4-5-10-19-17-21-13-9-16-24(25(21)18-19)23-15-8-12-20-11-6-7-14-22(20)23;1-3-2;;;/h2*6-9,11-18H,2-5,10H2,1H3;3H,1-2H3;2*1H;/q;;;;;+2/p-2. The van der Waals surface area contributed by atoms with E-state index in [4.69, 9.17) is 17.0 Å². The second-order valence-electron chi connectivity index (χ2n) is 17.0. The molecule has 0 saturated heterocycles. The molecule has 0 amide bonds. The Morgan fingerprint density at radius 3 is 1.29 bits per heavy atom. The van der Waals surface area contributed by atoms with Gasteiger partial charge in [0.25, 0.3) is 0 Å². The van der Waals surface area contributed by atoms with Crippen molar-refractivity contribution in [1.29, 1.82) is 0 Å². The maximum absolute atomic E-state index is 9.01. The third-order valence-electron chi connectivity index (χ3n) is 13.3. The van der Waals surface area contributed by atoms with Crippen molar-refractivity contribution in [2.24, 2.45) is 0 Å². The molecule has 287 valence electrons. The molecule has 4 heteroatoms. The molecule has 0 bridgehead atoms. The van der Waals surface area contributed by atoms with Gasteiger partial charge in [-0.15, -0.1) is 0 Å². The van der Waals surface area contributed by atoms with Crippen molar-refractivity contribution in [3.8, 4) is 22.3 Å². The van der Waals surface area contributed by atoms with Crippen molar-refractivity contribution in [2.75, 3.05) is 0 Å². The van der Waals surface area contributed by atoms with Crippen LogP contribution in [-0.4, -0.2) is 5.92 Å². The van der Waals surface area contributed by atoms with Crippen LogP contribution in [0.1, 0.15) is 108 Å². The summed E-state index contributed by atoms with van der Waals surface area (Å²) < 4.78 is 0.184. The zero-order chi connectivity index (χ0) is 38.9. The molecule has 0 nitrogen and oxygen atoms in total. The summed E-state index contributed by atoms with van der Waals surface area (Å²) >= 11 is -5.00. The first-order valence-corrected chi connectivity index (χ1v) is 37.8. The van der Waals surface area contributed by atoms with E-state index in [1.165, 1.54) is 129 Å². The van der Waals surface area contributed by atoms with Crippen LogP contribution in [-0.2, 0) is 15.6 Å². The van der Waals surface area contributed by atoms with Crippen LogP contribution in [0, 0.1) is 0 Å². The molecule has 6 aromatic carbocycles. The van der Waals surface area contributed by atoms with Crippen molar-refractivity contribution in [1.82, 2.24) is 0 Å². The predicted octanol–water partition coefficient (Wildman–Crippen LogP) is 16.8. The first-order valence-electron chi connectivity index (χ1n) is 21.5. The summed E-state index contributed by atoms with van der Waals surface area (Å²) in [6.07, 6.45) is 17.1. The molecular formula is C52H57Cl2SiZr. The number of halogens is 2. The molecule has 0 radical (unpaired) electrons. The molecule has 2 atom stereocenters. The topological polar surface area (TPSA) is 0 Å². The summed E-state index contributed by atoms with van der Waals surface area (Å²) in [4.78, 5) is 0. The average Bonchev–Trinajstić information content (AvgIpc) is 3.80. The van der Waals surface area contributed by atoms with Crippen LogP contribution in [0.3, 0.4) is 0 Å². The van der Waals surface area contributed by atoms with Crippen molar-refractivity contribution in [2.45, 2.75) is 98.4 Å². The summed E-state index contributed by atoms with van der Waals surface area (Å²) in [6.45, 7) is 9.63. The Balaban J connectivity index is 1.34. The van der Waals surface area contributed by atoms with Crippen molar-refractivity contribution >= 4 is 56.6 Å². The molecule has 0 heterocycles. The van der Waals surface area contributed by atoms with Crippen LogP contribution in [0.2, 0.25) is 13.1 Å². The van der Waals surface area contributed by atoms with Gasteiger partial charge in [0.05, 0.1) is 0 Å². The van der Waals surface area contributed by atoms with Gasteiger partial charge in [0.1, 0.15) is 0 Å². The summed E-state index contributed by atoms with van der Waals surface area (Å²) in [6, 6.07) is 45.3. The number of unbranched alkanes of at least 4 members (excludes halogenated alkanes) is 6. The number of benzene rings is 6. The fourth-order valence-electron chi connectivity index (χ4n) is 10.4. The van der Waals surface area contributed by atoms with Gasteiger partial charge in [-0.25, -0.2) is 0 Å². The van der Waals surface area contributed by atoms with E-state index in [0.717, 1.165) is 12.8 Å². The Morgan fingerprint density at radius 1 is 0.464 bits per heavy atom. The molecule has 0 aromatic heterocycles. The molecule has 0 aliphatic heterocycles. The number of hydrogen-bond acceptors (Lipinski definition) is 0. The van der Waals surface area contributed by atoms with Crippen LogP contribution in [0.15, 0.2) is 132 Å². The van der Waals surface area contributed by atoms with E-state index in [1.54, 1.807) is 0 Å². The molecule has 6 aromatic rings. The molecule has 56 heavy (non-hydrogen) atoms. The van der Waals surface area contributed by atoms with Gasteiger partial charge in [0.2, 0.25) is 0 Å². The minimum absolute atomic E-state index is 0.0918. The zero-order valence-electron chi connectivity index (χ0n) is 33.8. The summed E-state index contributed by atoms with van der Waals surface area (Å²) in [5.41, 5.74) is 13.7. The number of hydrogen-bond donors (Lipinski definition) is 0. The second kappa shape index (κ2) is 16.7. The Labute approximate surface area is 344 Å². The zero-order valence-corrected chi connectivity index (χ0v) is 38.9. The van der Waals surface area contributed by atoms with Crippen LogP contribution >= 0.6 is 17.0 Å². The number of rotatable bonds is 15. The van der Waals surface area contributed by atoms with E-state index >= 15 is 0 Å². The number of fused-ring (bicyclic) bond motifs is 4. The Bertz CT molecular complexity index is 2280. The van der Waals surface area contributed by atoms with Gasteiger partial charge in [-0.1, -0.05) is 0 Å². The van der Waals surface area contributed by atoms with Gasteiger partial charge in [-0.2, -0.15) is 0 Å². The van der Waals surface area contributed by atoms with Crippen molar-refractivity contribution in [3.05, 3.63) is 155 Å². The molecule has 8 rings (SSSR count). The fourth-order valence-corrected chi connectivity index (χ4v) is 41.9. The monoisotopic (exact) mass is 869 g/mol. The van der Waals surface area contributed by atoms with Gasteiger partial charge in [0, 0.05) is 0 Å². The summed E-state index contributed by atoms with van der Waals surface area (Å²) in [5, 5.41) is 5.15. The van der Waals surface area contributed by atoms with E-state index < -0.39 is 21.5 Å². The Kier molecular flexibility index (Phi) is 11.9. The Morgan fingerprint density at radius 2 is 0.857 bits per heavy atom. The maximum atomic E-state index is 9.01. The third-order valence-corrected chi connectivity index (χ3v) is 65.2. The van der Waals surface area contributed by atoms with E-state index in [1.807, 2.05) is 0 Å². The molecular weight excluding hydrogens is 815 g/mol. The third kappa shape index (κ3) is 7.00. The molecule has 0 spiro atoms. The first kappa shape index (κ1) is 39.8. The number of allylic oxidation sites excluding steroid dienone is 2. The molecule has 2 aliphatic rings. The van der Waals surface area contributed by atoms with E-state index in [0.29, 0.717) is 0 Å². The van der Waals surface area contributed by atoms with E-state index in [-0.39, 0.29) is 7.25 Å². The first-order chi connectivity index (χ1) is 27.3. The molecule has 0 N–H and O–H groups in total. The van der Waals surface area contributed by atoms with Gasteiger partial charge in [0.15, 0.2) is 0 Å². The minimum atomic E-state index is -5.00. The molecule has 2 aliphatic carbocycles. The van der Waals surface area contributed by atoms with E-state index in [9.17, 15) is 0 Å². The quantitative estimate of drug-likeness (QED) is 0.0712. The predicted molar refractivity (Wildman–Crippen MR) is 248 cm³/mol. The van der Waals surface area contributed by atoms with Crippen LogP contribution in [0.25, 0.3) is 56.0 Å². The van der Waals surface area contributed by atoms with Gasteiger partial charge >= 0.3 is 348 Å². The van der Waals surface area contributed by atoms with Crippen molar-refractivity contribution < 1.29 is 15.6 Å². The molecule has 0 saturated carbocycles. The fraction of sp³-hybridized carbons (Fsp3) is 0.308.